The summed E-state index contributed by atoms with van der Waals surface area (Å²) in [7, 11) is 0. The number of aromatic amines is 1. The lowest BCUT2D eigenvalue weighted by molar-refractivity contribution is 0.0968. The van der Waals surface area contributed by atoms with E-state index in [0.717, 1.165) is 46.0 Å². The summed E-state index contributed by atoms with van der Waals surface area (Å²) in [6, 6.07) is 4.54. The molecule has 1 aliphatic rings. The molecule has 0 bridgehead atoms. The lowest BCUT2D eigenvalue weighted by Crippen LogP contribution is -2.03. The monoisotopic (exact) mass is 370 g/mol. The molecule has 1 aromatic carbocycles. The molecule has 0 atom stereocenters. The molecule has 26 heavy (non-hydrogen) atoms. The van der Waals surface area contributed by atoms with Crippen LogP contribution >= 0.6 is 11.3 Å². The lowest BCUT2D eigenvalue weighted by atomic mass is 10.2. The number of fused-ring (bicyclic) bond motifs is 3. The summed E-state index contributed by atoms with van der Waals surface area (Å²) in [5.74, 6) is 0.532. The summed E-state index contributed by atoms with van der Waals surface area (Å²) in [6.45, 7) is 2.00. The van der Waals surface area contributed by atoms with Crippen LogP contribution in [0.4, 0.5) is 4.39 Å². The summed E-state index contributed by atoms with van der Waals surface area (Å²) >= 11 is 1.59. The second kappa shape index (κ2) is 7.88. The van der Waals surface area contributed by atoms with E-state index in [1.165, 1.54) is 31.4 Å². The fourth-order valence-corrected chi connectivity index (χ4v) is 3.56. The van der Waals surface area contributed by atoms with Crippen molar-refractivity contribution in [2.75, 3.05) is 13.2 Å². The SMILES string of the molecule is C1CCOCC1.Fc1ccc2ncc3[nH]c(Cc4nccs4)nc3c2c1. The van der Waals surface area contributed by atoms with E-state index in [-0.39, 0.29) is 5.82 Å². The molecule has 0 spiro atoms. The van der Waals surface area contributed by atoms with Crippen molar-refractivity contribution in [3.63, 3.8) is 0 Å². The highest BCUT2D eigenvalue weighted by molar-refractivity contribution is 7.09. The normalized spacial score (nSPS) is 14.3. The molecule has 0 saturated carbocycles. The van der Waals surface area contributed by atoms with Crippen molar-refractivity contribution in [3.8, 4) is 0 Å². The fraction of sp³-hybridized carbons (Fsp3) is 0.316. The Labute approximate surface area is 154 Å². The van der Waals surface area contributed by atoms with Gasteiger partial charge in [-0.2, -0.15) is 0 Å². The fourth-order valence-electron chi connectivity index (χ4n) is 2.94. The molecule has 1 aliphatic heterocycles. The van der Waals surface area contributed by atoms with Crippen LogP contribution in [0.25, 0.3) is 21.9 Å². The molecule has 1 fully saturated rings. The average molecular weight is 370 g/mol. The molecule has 5 nitrogen and oxygen atoms in total. The number of H-pyrrole nitrogens is 1. The summed E-state index contributed by atoms with van der Waals surface area (Å²) in [6.07, 6.45) is 8.08. The molecule has 0 amide bonds. The minimum Gasteiger partial charge on any atom is -0.381 e. The van der Waals surface area contributed by atoms with Gasteiger partial charge in [-0.05, 0) is 37.5 Å². The number of hydrogen-bond acceptors (Lipinski definition) is 5. The Morgan fingerprint density at radius 1 is 1.15 bits per heavy atom. The van der Waals surface area contributed by atoms with E-state index in [4.69, 9.17) is 4.74 Å². The Bertz CT molecular complexity index is 984. The quantitative estimate of drug-likeness (QED) is 0.565. The van der Waals surface area contributed by atoms with Gasteiger partial charge in [0.2, 0.25) is 0 Å². The summed E-state index contributed by atoms with van der Waals surface area (Å²) in [5, 5.41) is 3.65. The highest BCUT2D eigenvalue weighted by Gasteiger charge is 2.10. The zero-order chi connectivity index (χ0) is 17.8. The van der Waals surface area contributed by atoms with Gasteiger partial charge in [0.15, 0.2) is 0 Å². The molecule has 5 rings (SSSR count). The van der Waals surface area contributed by atoms with Gasteiger partial charge in [-0.3, -0.25) is 4.98 Å². The molecule has 134 valence electrons. The smallest absolute Gasteiger partial charge is 0.124 e. The molecule has 4 heterocycles. The third kappa shape index (κ3) is 3.89. The standard InChI is InChI=1S/C14H9FN4S.C5H10O/c15-8-1-2-10-9(5-8)14-11(7-17-10)18-12(19-14)6-13-16-3-4-20-13;1-2-4-6-5-3-1/h1-5,7H,6H2,(H,18,19);1-5H2. The van der Waals surface area contributed by atoms with Crippen LogP contribution in [0.3, 0.4) is 0 Å². The highest BCUT2D eigenvalue weighted by Crippen LogP contribution is 2.23. The maximum absolute atomic E-state index is 13.4. The first-order valence-electron chi connectivity index (χ1n) is 8.68. The number of imidazole rings is 1. The maximum atomic E-state index is 13.4. The van der Waals surface area contributed by atoms with Crippen molar-refractivity contribution in [1.82, 2.24) is 19.9 Å². The second-order valence-electron chi connectivity index (χ2n) is 6.14. The van der Waals surface area contributed by atoms with Crippen molar-refractivity contribution >= 4 is 33.3 Å². The summed E-state index contributed by atoms with van der Waals surface area (Å²) in [5.41, 5.74) is 2.31. The molecule has 1 saturated heterocycles. The number of aromatic nitrogens is 4. The van der Waals surface area contributed by atoms with E-state index < -0.39 is 0 Å². The number of halogens is 1. The van der Waals surface area contributed by atoms with Gasteiger partial charge in [-0.15, -0.1) is 11.3 Å². The number of pyridine rings is 1. The van der Waals surface area contributed by atoms with Crippen LogP contribution in [0, 0.1) is 5.82 Å². The van der Waals surface area contributed by atoms with Crippen LogP contribution in [0.15, 0.2) is 36.0 Å². The number of benzene rings is 1. The Hall–Kier alpha value is -2.38. The van der Waals surface area contributed by atoms with E-state index in [9.17, 15) is 4.39 Å². The van der Waals surface area contributed by atoms with Crippen molar-refractivity contribution in [2.24, 2.45) is 0 Å². The van der Waals surface area contributed by atoms with Crippen molar-refractivity contribution in [3.05, 3.63) is 52.6 Å². The largest absolute Gasteiger partial charge is 0.381 e. The van der Waals surface area contributed by atoms with Gasteiger partial charge in [0.25, 0.3) is 0 Å². The first kappa shape index (κ1) is 17.1. The molecule has 1 N–H and O–H groups in total. The molecule has 0 radical (unpaired) electrons. The van der Waals surface area contributed by atoms with E-state index in [1.54, 1.807) is 29.8 Å². The Balaban J connectivity index is 0.000000240. The highest BCUT2D eigenvalue weighted by atomic mass is 32.1. The van der Waals surface area contributed by atoms with Crippen molar-refractivity contribution < 1.29 is 9.13 Å². The zero-order valence-electron chi connectivity index (χ0n) is 14.2. The van der Waals surface area contributed by atoms with Gasteiger partial charge in [-0.1, -0.05) is 0 Å². The predicted molar refractivity (Wildman–Crippen MR) is 101 cm³/mol. The molecule has 3 aromatic heterocycles. The predicted octanol–water partition coefficient (Wildman–Crippen LogP) is 4.48. The van der Waals surface area contributed by atoms with E-state index in [2.05, 4.69) is 19.9 Å². The number of hydrogen-bond donors (Lipinski definition) is 1. The van der Waals surface area contributed by atoms with Crippen LogP contribution in [0.2, 0.25) is 0 Å². The number of ether oxygens (including phenoxy) is 1. The number of rotatable bonds is 2. The topological polar surface area (TPSA) is 63.7 Å². The van der Waals surface area contributed by atoms with Gasteiger partial charge in [0, 0.05) is 30.2 Å². The van der Waals surface area contributed by atoms with Crippen molar-refractivity contribution in [1.29, 1.82) is 0 Å². The van der Waals surface area contributed by atoms with Gasteiger partial charge >= 0.3 is 0 Å². The molecular formula is C19H19FN4OS. The first-order valence-corrected chi connectivity index (χ1v) is 9.56. The average Bonchev–Trinajstić information content (AvgIpc) is 3.33. The molecular weight excluding hydrogens is 351 g/mol. The number of nitrogens with one attached hydrogen (secondary N) is 1. The van der Waals surface area contributed by atoms with Crippen LogP contribution in [-0.4, -0.2) is 33.1 Å². The molecule has 7 heteroatoms. The molecule has 0 unspecified atom stereocenters. The second-order valence-corrected chi connectivity index (χ2v) is 7.12. The van der Waals surface area contributed by atoms with Crippen molar-refractivity contribution in [2.45, 2.75) is 25.7 Å². The zero-order valence-corrected chi connectivity index (χ0v) is 15.1. The van der Waals surface area contributed by atoms with E-state index >= 15 is 0 Å². The van der Waals surface area contributed by atoms with Crippen LogP contribution in [0.5, 0.6) is 0 Å². The van der Waals surface area contributed by atoms with Gasteiger partial charge in [0.05, 0.1) is 34.2 Å². The van der Waals surface area contributed by atoms with E-state index in [0.29, 0.717) is 6.42 Å². The number of nitrogens with zero attached hydrogens (tertiary/aromatic N) is 3. The maximum Gasteiger partial charge on any atom is 0.124 e. The molecule has 0 aliphatic carbocycles. The van der Waals surface area contributed by atoms with Crippen LogP contribution < -0.4 is 0 Å². The van der Waals surface area contributed by atoms with E-state index in [1.807, 2.05) is 5.38 Å². The Kier molecular flexibility index (Phi) is 5.17. The Morgan fingerprint density at radius 2 is 2.04 bits per heavy atom. The lowest BCUT2D eigenvalue weighted by Gasteiger charge is -2.08. The van der Waals surface area contributed by atoms with Gasteiger partial charge in [0.1, 0.15) is 11.6 Å². The summed E-state index contributed by atoms with van der Waals surface area (Å²) < 4.78 is 18.5. The molecule has 4 aromatic rings. The Morgan fingerprint density at radius 3 is 2.73 bits per heavy atom. The third-order valence-corrected chi connectivity index (χ3v) is 4.99. The van der Waals surface area contributed by atoms with Gasteiger partial charge in [-0.25, -0.2) is 14.4 Å². The minimum atomic E-state index is -0.281. The van der Waals surface area contributed by atoms with Gasteiger partial charge < -0.3 is 9.72 Å². The van der Waals surface area contributed by atoms with Crippen LogP contribution in [-0.2, 0) is 11.2 Å². The number of thiazole rings is 1. The minimum absolute atomic E-state index is 0.281. The first-order chi connectivity index (χ1) is 12.8. The third-order valence-electron chi connectivity index (χ3n) is 4.21. The van der Waals surface area contributed by atoms with Crippen LogP contribution in [0.1, 0.15) is 30.1 Å². The summed E-state index contributed by atoms with van der Waals surface area (Å²) in [4.78, 5) is 16.3.